The van der Waals surface area contributed by atoms with Gasteiger partial charge < -0.3 is 5.73 Å². The monoisotopic (exact) mass is 328 g/mol. The van der Waals surface area contributed by atoms with Gasteiger partial charge in [-0.25, -0.2) is 0 Å². The summed E-state index contributed by atoms with van der Waals surface area (Å²) in [4.78, 5) is 0. The van der Waals surface area contributed by atoms with Gasteiger partial charge in [-0.2, -0.15) is 5.26 Å². The fourth-order valence-electron chi connectivity index (χ4n) is 1.71. The molecule has 2 nitrogen and oxygen atoms in total. The summed E-state index contributed by atoms with van der Waals surface area (Å²) in [5, 5.41) is 9.37. The van der Waals surface area contributed by atoms with Crippen LogP contribution in [0, 0.1) is 26.2 Å². The van der Waals surface area contributed by atoms with Crippen LogP contribution in [0.3, 0.4) is 0 Å². The first-order valence-electron chi connectivity index (χ1n) is 5.40. The molecule has 3 heteroatoms. The first kappa shape index (κ1) is 13.5. The summed E-state index contributed by atoms with van der Waals surface area (Å²) in [5.74, 6) is 0.263. The smallest absolute Gasteiger partial charge is 0.0759 e. The van der Waals surface area contributed by atoms with E-state index in [4.69, 9.17) is 5.73 Å². The molecule has 0 amide bonds. The van der Waals surface area contributed by atoms with Crippen LogP contribution in [0.2, 0.25) is 0 Å². The third-order valence-corrected chi connectivity index (χ3v) is 4.21. The zero-order chi connectivity index (χ0) is 12.2. The first-order valence-corrected chi connectivity index (χ1v) is 6.48. The lowest BCUT2D eigenvalue weighted by Gasteiger charge is -2.29. The summed E-state index contributed by atoms with van der Waals surface area (Å²) in [5.41, 5.74) is 6.56. The van der Waals surface area contributed by atoms with E-state index in [1.54, 1.807) is 0 Å². The lowest BCUT2D eigenvalue weighted by atomic mass is 9.74. The highest BCUT2D eigenvalue weighted by Gasteiger charge is 2.33. The van der Waals surface area contributed by atoms with Crippen molar-refractivity contribution in [1.29, 1.82) is 5.26 Å². The normalized spacial score (nSPS) is 14.5. The van der Waals surface area contributed by atoms with E-state index in [-0.39, 0.29) is 5.92 Å². The Morgan fingerprint density at radius 3 is 2.50 bits per heavy atom. The van der Waals surface area contributed by atoms with Crippen LogP contribution >= 0.6 is 22.6 Å². The van der Waals surface area contributed by atoms with Crippen molar-refractivity contribution in [3.8, 4) is 6.07 Å². The van der Waals surface area contributed by atoms with E-state index in [9.17, 15) is 5.26 Å². The predicted octanol–water partition coefficient (Wildman–Crippen LogP) is 2.96. The average Bonchev–Trinajstić information content (AvgIpc) is 2.28. The first-order chi connectivity index (χ1) is 7.55. The summed E-state index contributed by atoms with van der Waals surface area (Å²) in [6, 6.07) is 10.6. The quantitative estimate of drug-likeness (QED) is 0.864. The molecule has 0 unspecified atom stereocenters. The van der Waals surface area contributed by atoms with Crippen LogP contribution in [-0.2, 0) is 6.42 Å². The van der Waals surface area contributed by atoms with E-state index in [0.717, 1.165) is 6.42 Å². The van der Waals surface area contributed by atoms with Crippen LogP contribution in [-0.4, -0.2) is 6.54 Å². The maximum Gasteiger partial charge on any atom is 0.0759 e. The number of benzene rings is 1. The van der Waals surface area contributed by atoms with Crippen LogP contribution < -0.4 is 5.73 Å². The van der Waals surface area contributed by atoms with Crippen molar-refractivity contribution in [3.05, 3.63) is 33.4 Å². The van der Waals surface area contributed by atoms with E-state index in [1.807, 2.05) is 12.1 Å². The third kappa shape index (κ3) is 2.74. The summed E-state index contributed by atoms with van der Waals surface area (Å²) in [7, 11) is 0. The lowest BCUT2D eigenvalue weighted by molar-refractivity contribution is 0.284. The van der Waals surface area contributed by atoms with Crippen LogP contribution in [0.25, 0.3) is 0 Å². The molecule has 0 fully saturated rings. The molecule has 0 aliphatic carbocycles. The van der Waals surface area contributed by atoms with Crippen molar-refractivity contribution in [2.45, 2.75) is 20.3 Å². The molecule has 0 saturated heterocycles. The molecule has 0 radical (unpaired) electrons. The second-order valence-corrected chi connectivity index (χ2v) is 5.56. The van der Waals surface area contributed by atoms with Crippen molar-refractivity contribution in [2.75, 3.05) is 6.54 Å². The van der Waals surface area contributed by atoms with Crippen LogP contribution in [0.4, 0.5) is 0 Å². The highest BCUT2D eigenvalue weighted by molar-refractivity contribution is 14.1. The Balaban J connectivity index is 3.02. The Labute approximate surface area is 111 Å². The molecular weight excluding hydrogens is 311 g/mol. The maximum atomic E-state index is 9.37. The Morgan fingerprint density at radius 2 is 2.06 bits per heavy atom. The second kappa shape index (κ2) is 5.65. The van der Waals surface area contributed by atoms with Gasteiger partial charge in [-0.1, -0.05) is 32.0 Å². The summed E-state index contributed by atoms with van der Waals surface area (Å²) in [6.45, 7) is 4.53. The van der Waals surface area contributed by atoms with Gasteiger partial charge in [-0.3, -0.25) is 0 Å². The highest BCUT2D eigenvalue weighted by atomic mass is 127. The van der Waals surface area contributed by atoms with E-state index >= 15 is 0 Å². The molecule has 0 bridgehead atoms. The molecule has 0 aliphatic rings. The number of hydrogen-bond acceptors (Lipinski definition) is 2. The van der Waals surface area contributed by atoms with Gasteiger partial charge in [0.15, 0.2) is 0 Å². The van der Waals surface area contributed by atoms with Gasteiger partial charge in [-0.05, 0) is 46.6 Å². The van der Waals surface area contributed by atoms with Crippen molar-refractivity contribution in [3.63, 3.8) is 0 Å². The minimum absolute atomic E-state index is 0.263. The number of halogens is 1. The SMILES string of the molecule is CC(C)[C@](C#N)(CN)Cc1ccccc1I. The Hall–Kier alpha value is -0.600. The molecule has 1 atom stereocenters. The van der Waals surface area contributed by atoms with Crippen molar-refractivity contribution < 1.29 is 0 Å². The predicted molar refractivity (Wildman–Crippen MR) is 74.8 cm³/mol. The highest BCUT2D eigenvalue weighted by Crippen LogP contribution is 2.31. The fraction of sp³-hybridized carbons (Fsp3) is 0.462. The lowest BCUT2D eigenvalue weighted by Crippen LogP contribution is -2.36. The Morgan fingerprint density at radius 1 is 1.44 bits per heavy atom. The molecule has 1 rings (SSSR count). The molecule has 0 saturated carbocycles. The maximum absolute atomic E-state index is 9.37. The average molecular weight is 328 g/mol. The van der Waals surface area contributed by atoms with Gasteiger partial charge in [-0.15, -0.1) is 0 Å². The van der Waals surface area contributed by atoms with Gasteiger partial charge >= 0.3 is 0 Å². The zero-order valence-electron chi connectivity index (χ0n) is 9.70. The minimum Gasteiger partial charge on any atom is -0.329 e. The van der Waals surface area contributed by atoms with Crippen molar-refractivity contribution in [1.82, 2.24) is 0 Å². The second-order valence-electron chi connectivity index (χ2n) is 4.39. The third-order valence-electron chi connectivity index (χ3n) is 3.16. The van der Waals surface area contributed by atoms with E-state index in [1.165, 1.54) is 9.13 Å². The largest absolute Gasteiger partial charge is 0.329 e. The number of nitriles is 1. The molecule has 86 valence electrons. The standard InChI is InChI=1S/C13H17IN2/c1-10(2)13(8-15,9-16)7-11-5-3-4-6-12(11)14/h3-6,10H,7-8,15H2,1-2H3/t13-/m0/s1. The topological polar surface area (TPSA) is 49.8 Å². The van der Waals surface area contributed by atoms with Crippen LogP contribution in [0.5, 0.6) is 0 Å². The summed E-state index contributed by atoms with van der Waals surface area (Å²) in [6.07, 6.45) is 0.733. The molecule has 0 spiro atoms. The molecule has 1 aromatic carbocycles. The number of rotatable bonds is 4. The molecule has 0 aromatic heterocycles. The number of nitrogens with two attached hydrogens (primary N) is 1. The molecular formula is C13H17IN2. The van der Waals surface area contributed by atoms with Gasteiger partial charge in [0.1, 0.15) is 0 Å². The molecule has 2 N–H and O–H groups in total. The summed E-state index contributed by atoms with van der Waals surface area (Å²) >= 11 is 2.31. The van der Waals surface area contributed by atoms with Crippen molar-refractivity contribution >= 4 is 22.6 Å². The van der Waals surface area contributed by atoms with Gasteiger partial charge in [0.2, 0.25) is 0 Å². The van der Waals surface area contributed by atoms with Gasteiger partial charge in [0.05, 0.1) is 11.5 Å². The molecule has 1 aromatic rings. The number of hydrogen-bond donors (Lipinski definition) is 1. The minimum atomic E-state index is -0.443. The van der Waals surface area contributed by atoms with E-state index < -0.39 is 5.41 Å². The Bertz CT molecular complexity index is 395. The molecule has 16 heavy (non-hydrogen) atoms. The molecule has 0 heterocycles. The van der Waals surface area contributed by atoms with Gasteiger partial charge in [0.25, 0.3) is 0 Å². The number of nitrogens with zero attached hydrogens (tertiary/aromatic N) is 1. The van der Waals surface area contributed by atoms with E-state index in [2.05, 4.69) is 54.6 Å². The van der Waals surface area contributed by atoms with Crippen molar-refractivity contribution in [2.24, 2.45) is 17.1 Å². The fourth-order valence-corrected chi connectivity index (χ4v) is 2.29. The zero-order valence-corrected chi connectivity index (χ0v) is 11.9. The summed E-state index contributed by atoms with van der Waals surface area (Å²) < 4.78 is 1.20. The van der Waals surface area contributed by atoms with Gasteiger partial charge in [0, 0.05) is 10.1 Å². The van der Waals surface area contributed by atoms with E-state index in [0.29, 0.717) is 6.54 Å². The van der Waals surface area contributed by atoms with Crippen LogP contribution in [0.1, 0.15) is 19.4 Å². The van der Waals surface area contributed by atoms with Crippen LogP contribution in [0.15, 0.2) is 24.3 Å². The Kier molecular flexibility index (Phi) is 4.75. The molecule has 0 aliphatic heterocycles.